The Bertz CT molecular complexity index is 539. The zero-order valence-corrected chi connectivity index (χ0v) is 11.4. The zero-order valence-electron chi connectivity index (χ0n) is 11.4. The van der Waals surface area contributed by atoms with Crippen LogP contribution in [-0.4, -0.2) is 35.6 Å². The molecule has 0 bridgehead atoms. The summed E-state index contributed by atoms with van der Waals surface area (Å²) >= 11 is 0. The van der Waals surface area contributed by atoms with E-state index in [0.717, 1.165) is 18.4 Å². The summed E-state index contributed by atoms with van der Waals surface area (Å²) in [5.41, 5.74) is 1.22. The van der Waals surface area contributed by atoms with E-state index in [1.807, 2.05) is 12.1 Å². The molecule has 20 heavy (non-hydrogen) atoms. The Labute approximate surface area is 118 Å². The lowest BCUT2D eigenvalue weighted by atomic mass is 9.96. The van der Waals surface area contributed by atoms with Crippen LogP contribution < -0.4 is 0 Å². The number of nitriles is 1. The van der Waals surface area contributed by atoms with Gasteiger partial charge in [0.05, 0.1) is 18.1 Å². The Morgan fingerprint density at radius 2 is 2.10 bits per heavy atom. The fraction of sp³-hybridized carbons (Fsp3) is 0.375. The summed E-state index contributed by atoms with van der Waals surface area (Å²) < 4.78 is 0. The highest BCUT2D eigenvalue weighted by atomic mass is 16.3. The molecule has 1 aliphatic carbocycles. The molecule has 1 N–H and O–H groups in total. The molecule has 104 valence electrons. The van der Waals surface area contributed by atoms with Crippen LogP contribution in [0, 0.1) is 11.3 Å². The number of carbonyl (C=O) groups is 1. The number of rotatable bonds is 6. The Hall–Kier alpha value is -2.12. The molecule has 2 rings (SSSR count). The quantitative estimate of drug-likeness (QED) is 0.802. The standard InChI is InChI=1S/C16H18N2O2/c1-2-9-18(10-11-19)15(20)13-3-5-14(6-4-13)16(12-17)7-8-16/h2-6,19H,1,7-11H2. The van der Waals surface area contributed by atoms with Crippen molar-refractivity contribution < 1.29 is 9.90 Å². The first-order valence-electron chi connectivity index (χ1n) is 6.69. The molecule has 1 aromatic carbocycles. The van der Waals surface area contributed by atoms with Crippen LogP contribution in [0.3, 0.4) is 0 Å². The summed E-state index contributed by atoms with van der Waals surface area (Å²) in [6.45, 7) is 4.23. The molecule has 0 heterocycles. The topological polar surface area (TPSA) is 64.3 Å². The molecular weight excluding hydrogens is 252 g/mol. The summed E-state index contributed by atoms with van der Waals surface area (Å²) in [6.07, 6.45) is 3.42. The van der Waals surface area contributed by atoms with Crippen LogP contribution in [0.4, 0.5) is 0 Å². The normalized spacial score (nSPS) is 15.2. The highest BCUT2D eigenvalue weighted by Crippen LogP contribution is 2.47. The predicted molar refractivity (Wildman–Crippen MR) is 76.2 cm³/mol. The zero-order chi connectivity index (χ0) is 14.6. The second-order valence-electron chi connectivity index (χ2n) is 5.03. The second kappa shape index (κ2) is 5.89. The monoisotopic (exact) mass is 270 g/mol. The molecular formula is C16H18N2O2. The molecule has 0 atom stereocenters. The van der Waals surface area contributed by atoms with Crippen LogP contribution in [0.15, 0.2) is 36.9 Å². The van der Waals surface area contributed by atoms with Crippen LogP contribution >= 0.6 is 0 Å². The van der Waals surface area contributed by atoms with Gasteiger partial charge in [-0.2, -0.15) is 5.26 Å². The van der Waals surface area contributed by atoms with Crippen LogP contribution in [0.2, 0.25) is 0 Å². The van der Waals surface area contributed by atoms with Crippen molar-refractivity contribution in [2.75, 3.05) is 19.7 Å². The van der Waals surface area contributed by atoms with Crippen molar-refractivity contribution >= 4 is 5.91 Å². The number of hydrogen-bond donors (Lipinski definition) is 1. The number of aliphatic hydroxyl groups is 1. The lowest BCUT2D eigenvalue weighted by Crippen LogP contribution is -2.33. The first-order chi connectivity index (χ1) is 9.66. The largest absolute Gasteiger partial charge is 0.395 e. The van der Waals surface area contributed by atoms with E-state index in [-0.39, 0.29) is 24.5 Å². The number of hydrogen-bond acceptors (Lipinski definition) is 3. The van der Waals surface area contributed by atoms with Gasteiger partial charge in [-0.15, -0.1) is 6.58 Å². The molecule has 1 aromatic rings. The molecule has 1 amide bonds. The van der Waals surface area contributed by atoms with Gasteiger partial charge in [-0.25, -0.2) is 0 Å². The van der Waals surface area contributed by atoms with E-state index in [9.17, 15) is 4.79 Å². The number of aliphatic hydroxyl groups excluding tert-OH is 1. The molecule has 1 fully saturated rings. The SMILES string of the molecule is C=CCN(CCO)C(=O)c1ccc(C2(C#N)CC2)cc1. The van der Waals surface area contributed by atoms with Crippen molar-refractivity contribution in [3.05, 3.63) is 48.0 Å². The molecule has 4 nitrogen and oxygen atoms in total. The van der Waals surface area contributed by atoms with E-state index in [1.54, 1.807) is 23.1 Å². The fourth-order valence-electron chi connectivity index (χ4n) is 2.26. The van der Waals surface area contributed by atoms with Gasteiger partial charge in [0, 0.05) is 18.7 Å². The molecule has 0 saturated heterocycles. The highest BCUT2D eigenvalue weighted by Gasteiger charge is 2.44. The van der Waals surface area contributed by atoms with Gasteiger partial charge in [0.2, 0.25) is 0 Å². The summed E-state index contributed by atoms with van der Waals surface area (Å²) in [5, 5.41) is 18.1. The van der Waals surface area contributed by atoms with Crippen LogP contribution in [0.5, 0.6) is 0 Å². The van der Waals surface area contributed by atoms with Crippen molar-refractivity contribution in [2.24, 2.45) is 0 Å². The lowest BCUT2D eigenvalue weighted by molar-refractivity contribution is 0.0743. The van der Waals surface area contributed by atoms with Gasteiger partial charge in [0.15, 0.2) is 0 Å². The molecule has 0 spiro atoms. The average molecular weight is 270 g/mol. The molecule has 4 heteroatoms. The van der Waals surface area contributed by atoms with Crippen molar-refractivity contribution in [3.8, 4) is 6.07 Å². The molecule has 0 unspecified atom stereocenters. The maximum Gasteiger partial charge on any atom is 0.254 e. The third-order valence-corrected chi connectivity index (χ3v) is 3.66. The van der Waals surface area contributed by atoms with Gasteiger partial charge in [-0.3, -0.25) is 4.79 Å². The minimum atomic E-state index is -0.326. The number of benzene rings is 1. The summed E-state index contributed by atoms with van der Waals surface area (Å²) in [4.78, 5) is 13.8. The predicted octanol–water partition coefficient (Wildman–Crippen LogP) is 1.86. The van der Waals surface area contributed by atoms with E-state index in [0.29, 0.717) is 12.1 Å². The van der Waals surface area contributed by atoms with Crippen molar-refractivity contribution in [1.29, 1.82) is 5.26 Å². The van der Waals surface area contributed by atoms with E-state index >= 15 is 0 Å². The minimum Gasteiger partial charge on any atom is -0.395 e. The number of carbonyl (C=O) groups excluding carboxylic acids is 1. The van der Waals surface area contributed by atoms with E-state index in [1.165, 1.54) is 0 Å². The highest BCUT2D eigenvalue weighted by molar-refractivity contribution is 5.94. The number of nitrogens with zero attached hydrogens (tertiary/aromatic N) is 2. The first kappa shape index (κ1) is 14.3. The van der Waals surface area contributed by atoms with Crippen molar-refractivity contribution in [1.82, 2.24) is 4.90 Å². The Morgan fingerprint density at radius 1 is 1.45 bits per heavy atom. The third kappa shape index (κ3) is 2.73. The van der Waals surface area contributed by atoms with Gasteiger partial charge < -0.3 is 10.0 Å². The molecule has 1 saturated carbocycles. The van der Waals surface area contributed by atoms with Crippen molar-refractivity contribution in [3.63, 3.8) is 0 Å². The van der Waals surface area contributed by atoms with Gasteiger partial charge >= 0.3 is 0 Å². The lowest BCUT2D eigenvalue weighted by Gasteiger charge is -2.20. The van der Waals surface area contributed by atoms with Gasteiger partial charge in [0.25, 0.3) is 5.91 Å². The number of amides is 1. The molecule has 0 aliphatic heterocycles. The Balaban J connectivity index is 2.15. The Kier molecular flexibility index (Phi) is 4.21. The second-order valence-corrected chi connectivity index (χ2v) is 5.03. The summed E-state index contributed by atoms with van der Waals surface area (Å²) in [5.74, 6) is -0.132. The third-order valence-electron chi connectivity index (χ3n) is 3.66. The van der Waals surface area contributed by atoms with E-state index in [4.69, 9.17) is 10.4 Å². The molecule has 0 radical (unpaired) electrons. The summed E-state index contributed by atoms with van der Waals surface area (Å²) in [7, 11) is 0. The maximum atomic E-state index is 12.3. The van der Waals surface area contributed by atoms with Crippen LogP contribution in [0.25, 0.3) is 0 Å². The fourth-order valence-corrected chi connectivity index (χ4v) is 2.26. The summed E-state index contributed by atoms with van der Waals surface area (Å²) in [6, 6.07) is 9.56. The average Bonchev–Trinajstić information content (AvgIpc) is 3.28. The first-order valence-corrected chi connectivity index (χ1v) is 6.69. The minimum absolute atomic E-state index is 0.0742. The van der Waals surface area contributed by atoms with Crippen LogP contribution in [-0.2, 0) is 5.41 Å². The van der Waals surface area contributed by atoms with Crippen molar-refractivity contribution in [2.45, 2.75) is 18.3 Å². The smallest absolute Gasteiger partial charge is 0.254 e. The van der Waals surface area contributed by atoms with Gasteiger partial charge in [-0.1, -0.05) is 18.2 Å². The maximum absolute atomic E-state index is 12.3. The van der Waals surface area contributed by atoms with Gasteiger partial charge in [-0.05, 0) is 30.5 Å². The molecule has 0 aromatic heterocycles. The van der Waals surface area contributed by atoms with Crippen LogP contribution in [0.1, 0.15) is 28.8 Å². The van der Waals surface area contributed by atoms with E-state index < -0.39 is 0 Å². The van der Waals surface area contributed by atoms with E-state index in [2.05, 4.69) is 12.6 Å². The molecule has 1 aliphatic rings. The van der Waals surface area contributed by atoms with Gasteiger partial charge in [0.1, 0.15) is 0 Å². The Morgan fingerprint density at radius 3 is 2.55 bits per heavy atom.